The van der Waals surface area contributed by atoms with Crippen molar-refractivity contribution in [1.82, 2.24) is 15.1 Å². The van der Waals surface area contributed by atoms with E-state index in [0.717, 1.165) is 28.1 Å². The van der Waals surface area contributed by atoms with E-state index in [0.29, 0.717) is 12.2 Å². The molecule has 0 saturated carbocycles. The molecule has 6 heteroatoms. The highest BCUT2D eigenvalue weighted by atomic mass is 16.5. The molecule has 0 atom stereocenters. The summed E-state index contributed by atoms with van der Waals surface area (Å²) in [5, 5.41) is 7.09. The summed E-state index contributed by atoms with van der Waals surface area (Å²) < 4.78 is 5.18. The van der Waals surface area contributed by atoms with Crippen LogP contribution in [0.15, 0.2) is 46.1 Å². The van der Waals surface area contributed by atoms with Gasteiger partial charge in [-0.05, 0) is 37.6 Å². The van der Waals surface area contributed by atoms with Crippen LogP contribution in [0.5, 0.6) is 0 Å². The number of rotatable bonds is 4. The lowest BCUT2D eigenvalue weighted by Crippen LogP contribution is -2.13. The molecule has 6 nitrogen and oxygen atoms in total. The minimum atomic E-state index is -0.162. The van der Waals surface area contributed by atoms with Gasteiger partial charge in [0, 0.05) is 36.3 Å². The molecule has 0 radical (unpaired) electrons. The first-order chi connectivity index (χ1) is 10.6. The van der Waals surface area contributed by atoms with E-state index in [9.17, 15) is 4.79 Å². The topological polar surface area (TPSA) is 83.8 Å². The summed E-state index contributed by atoms with van der Waals surface area (Å²) in [7, 11) is 0. The SMILES string of the molecule is Cc1noc(C)c1-c1c[nH]c(=O)c(NCc2ccncc2)c1. The van der Waals surface area contributed by atoms with E-state index in [1.807, 2.05) is 32.0 Å². The fourth-order valence-electron chi connectivity index (χ4n) is 2.35. The second-order valence-electron chi connectivity index (χ2n) is 5.04. The van der Waals surface area contributed by atoms with Crippen LogP contribution in [-0.2, 0) is 6.54 Å². The molecular weight excluding hydrogens is 280 g/mol. The van der Waals surface area contributed by atoms with Gasteiger partial charge in [0.2, 0.25) is 0 Å². The lowest BCUT2D eigenvalue weighted by Gasteiger charge is -2.07. The Morgan fingerprint density at radius 1 is 1.27 bits per heavy atom. The van der Waals surface area contributed by atoms with Gasteiger partial charge in [-0.25, -0.2) is 0 Å². The molecule has 0 unspecified atom stereocenters. The molecule has 0 amide bonds. The van der Waals surface area contributed by atoms with Gasteiger partial charge in [-0.3, -0.25) is 9.78 Å². The number of aryl methyl sites for hydroxylation is 2. The summed E-state index contributed by atoms with van der Waals surface area (Å²) in [5.74, 6) is 0.727. The smallest absolute Gasteiger partial charge is 0.271 e. The van der Waals surface area contributed by atoms with Gasteiger partial charge in [0.05, 0.1) is 5.69 Å². The van der Waals surface area contributed by atoms with Crippen molar-refractivity contribution in [2.75, 3.05) is 5.32 Å². The predicted octanol–water partition coefficient (Wildman–Crippen LogP) is 2.65. The Morgan fingerprint density at radius 2 is 2.05 bits per heavy atom. The van der Waals surface area contributed by atoms with Crippen molar-refractivity contribution in [3.8, 4) is 11.1 Å². The molecule has 0 aromatic carbocycles. The summed E-state index contributed by atoms with van der Waals surface area (Å²) in [6, 6.07) is 5.62. The Balaban J connectivity index is 1.89. The van der Waals surface area contributed by atoms with Crippen molar-refractivity contribution in [2.45, 2.75) is 20.4 Å². The zero-order valence-corrected chi connectivity index (χ0v) is 12.4. The minimum Gasteiger partial charge on any atom is -0.376 e. The number of aromatic nitrogens is 3. The van der Waals surface area contributed by atoms with Crippen molar-refractivity contribution < 1.29 is 4.52 Å². The number of hydrogen-bond acceptors (Lipinski definition) is 5. The van der Waals surface area contributed by atoms with Crippen molar-refractivity contribution in [1.29, 1.82) is 0 Å². The van der Waals surface area contributed by atoms with E-state index in [2.05, 4.69) is 20.4 Å². The lowest BCUT2D eigenvalue weighted by atomic mass is 10.1. The molecule has 0 aliphatic heterocycles. The molecule has 0 fully saturated rings. The highest BCUT2D eigenvalue weighted by molar-refractivity contribution is 5.70. The quantitative estimate of drug-likeness (QED) is 0.773. The van der Waals surface area contributed by atoms with Gasteiger partial charge in [-0.2, -0.15) is 0 Å². The van der Waals surface area contributed by atoms with Crippen LogP contribution >= 0.6 is 0 Å². The Bertz CT molecular complexity index is 817. The van der Waals surface area contributed by atoms with Crippen LogP contribution in [0.4, 0.5) is 5.69 Å². The van der Waals surface area contributed by atoms with Crippen LogP contribution in [0, 0.1) is 13.8 Å². The maximum Gasteiger partial charge on any atom is 0.271 e. The van der Waals surface area contributed by atoms with Crippen LogP contribution in [0.2, 0.25) is 0 Å². The molecule has 3 heterocycles. The molecule has 3 aromatic rings. The van der Waals surface area contributed by atoms with Crippen molar-refractivity contribution in [2.24, 2.45) is 0 Å². The molecule has 0 saturated heterocycles. The molecule has 22 heavy (non-hydrogen) atoms. The van der Waals surface area contributed by atoms with E-state index in [1.165, 1.54) is 0 Å². The number of aromatic amines is 1. The summed E-state index contributed by atoms with van der Waals surface area (Å²) in [6.07, 6.45) is 5.12. The first-order valence-electron chi connectivity index (χ1n) is 6.94. The fourth-order valence-corrected chi connectivity index (χ4v) is 2.35. The third-order valence-corrected chi connectivity index (χ3v) is 3.46. The Kier molecular flexibility index (Phi) is 3.74. The Labute approximate surface area is 127 Å². The summed E-state index contributed by atoms with van der Waals surface area (Å²) in [5.41, 5.74) is 3.97. The number of pyridine rings is 2. The van der Waals surface area contributed by atoms with Crippen LogP contribution in [-0.4, -0.2) is 15.1 Å². The summed E-state index contributed by atoms with van der Waals surface area (Å²) in [4.78, 5) is 18.7. The van der Waals surface area contributed by atoms with Gasteiger partial charge in [0.1, 0.15) is 11.4 Å². The van der Waals surface area contributed by atoms with E-state index < -0.39 is 0 Å². The van der Waals surface area contributed by atoms with Crippen LogP contribution in [0.3, 0.4) is 0 Å². The summed E-state index contributed by atoms with van der Waals surface area (Å²) >= 11 is 0. The second kappa shape index (κ2) is 5.85. The second-order valence-corrected chi connectivity index (χ2v) is 5.04. The van der Waals surface area contributed by atoms with Gasteiger partial charge >= 0.3 is 0 Å². The van der Waals surface area contributed by atoms with Crippen LogP contribution in [0.25, 0.3) is 11.1 Å². The first-order valence-corrected chi connectivity index (χ1v) is 6.94. The van der Waals surface area contributed by atoms with Crippen LogP contribution in [0.1, 0.15) is 17.0 Å². The third kappa shape index (κ3) is 2.76. The first kappa shape index (κ1) is 14.1. The number of hydrogen-bond donors (Lipinski definition) is 2. The number of nitrogens with one attached hydrogen (secondary N) is 2. The molecule has 0 bridgehead atoms. The van der Waals surface area contributed by atoms with Gasteiger partial charge in [0.25, 0.3) is 5.56 Å². The molecule has 3 aromatic heterocycles. The maximum absolute atomic E-state index is 12.0. The highest BCUT2D eigenvalue weighted by Crippen LogP contribution is 2.26. The maximum atomic E-state index is 12.0. The molecule has 0 spiro atoms. The van der Waals surface area contributed by atoms with Crippen molar-refractivity contribution in [3.05, 3.63) is 64.2 Å². The molecule has 112 valence electrons. The fraction of sp³-hybridized carbons (Fsp3) is 0.188. The standard InChI is InChI=1S/C16H16N4O2/c1-10-15(11(2)22-20-10)13-7-14(16(21)19-9-13)18-8-12-3-5-17-6-4-12/h3-7,9,18H,8H2,1-2H3,(H,19,21). The highest BCUT2D eigenvalue weighted by Gasteiger charge is 2.13. The van der Waals surface area contributed by atoms with Crippen LogP contribution < -0.4 is 10.9 Å². The van der Waals surface area contributed by atoms with Gasteiger partial charge < -0.3 is 14.8 Å². The molecule has 0 aliphatic rings. The summed E-state index contributed by atoms with van der Waals surface area (Å²) in [6.45, 7) is 4.28. The average molecular weight is 296 g/mol. The molecule has 0 aliphatic carbocycles. The zero-order chi connectivity index (χ0) is 15.5. The van der Waals surface area contributed by atoms with E-state index in [-0.39, 0.29) is 5.56 Å². The Hall–Kier alpha value is -2.89. The molecule has 2 N–H and O–H groups in total. The predicted molar refractivity (Wildman–Crippen MR) is 83.6 cm³/mol. The number of H-pyrrole nitrogens is 1. The molecule has 3 rings (SSSR count). The zero-order valence-electron chi connectivity index (χ0n) is 12.4. The van der Waals surface area contributed by atoms with Gasteiger partial charge in [0.15, 0.2) is 0 Å². The van der Waals surface area contributed by atoms with Gasteiger partial charge in [-0.1, -0.05) is 5.16 Å². The van der Waals surface area contributed by atoms with E-state index in [4.69, 9.17) is 4.52 Å². The van der Waals surface area contributed by atoms with Crippen molar-refractivity contribution in [3.63, 3.8) is 0 Å². The Morgan fingerprint density at radius 3 is 2.73 bits per heavy atom. The molecular formula is C16H16N4O2. The average Bonchev–Trinajstić information content (AvgIpc) is 2.87. The van der Waals surface area contributed by atoms with E-state index in [1.54, 1.807) is 18.6 Å². The lowest BCUT2D eigenvalue weighted by molar-refractivity contribution is 0.393. The van der Waals surface area contributed by atoms with E-state index >= 15 is 0 Å². The van der Waals surface area contributed by atoms with Gasteiger partial charge in [-0.15, -0.1) is 0 Å². The minimum absolute atomic E-state index is 0.162. The monoisotopic (exact) mass is 296 g/mol. The van der Waals surface area contributed by atoms with Crippen molar-refractivity contribution >= 4 is 5.69 Å². The number of anilines is 1. The number of nitrogens with zero attached hydrogens (tertiary/aromatic N) is 2. The third-order valence-electron chi connectivity index (χ3n) is 3.46. The largest absolute Gasteiger partial charge is 0.376 e. The normalized spacial score (nSPS) is 10.6.